The molecule has 3 heteroatoms. The van der Waals surface area contributed by atoms with Crippen LogP contribution in [0.2, 0.25) is 0 Å². The van der Waals surface area contributed by atoms with Crippen LogP contribution in [0.4, 0.5) is 0 Å². The van der Waals surface area contributed by atoms with Crippen molar-refractivity contribution in [3.05, 3.63) is 0 Å². The summed E-state index contributed by atoms with van der Waals surface area (Å²) in [6.07, 6.45) is 9.43. The molecule has 2 nitrogen and oxygen atoms in total. The van der Waals surface area contributed by atoms with Crippen LogP contribution < -0.4 is 5.32 Å². The molecule has 0 spiro atoms. The van der Waals surface area contributed by atoms with Crippen LogP contribution in [0.1, 0.15) is 65.2 Å². The van der Waals surface area contributed by atoms with Gasteiger partial charge < -0.3 is 5.32 Å². The smallest absolute Gasteiger partial charge is 0.223 e. The summed E-state index contributed by atoms with van der Waals surface area (Å²) in [4.78, 5) is 12.5. The minimum atomic E-state index is 0.0256. The van der Waals surface area contributed by atoms with Gasteiger partial charge in [0.1, 0.15) is 0 Å². The Morgan fingerprint density at radius 2 is 1.84 bits per heavy atom. The van der Waals surface area contributed by atoms with E-state index < -0.39 is 0 Å². The van der Waals surface area contributed by atoms with Gasteiger partial charge in [0, 0.05) is 16.8 Å². The summed E-state index contributed by atoms with van der Waals surface area (Å²) in [6, 6.07) is 0. The van der Waals surface area contributed by atoms with Crippen LogP contribution in [-0.2, 0) is 4.79 Å². The second-order valence-corrected chi connectivity index (χ2v) is 7.62. The molecule has 1 amide bonds. The molecule has 0 radical (unpaired) electrons. The van der Waals surface area contributed by atoms with Gasteiger partial charge in [0.05, 0.1) is 0 Å². The number of hydrogen-bond acceptors (Lipinski definition) is 1. The van der Waals surface area contributed by atoms with E-state index >= 15 is 0 Å². The van der Waals surface area contributed by atoms with Crippen molar-refractivity contribution in [3.63, 3.8) is 0 Å². The average molecular weight is 330 g/mol. The Labute approximate surface area is 126 Å². The number of alkyl halides is 1. The first-order chi connectivity index (χ1) is 9.04. The van der Waals surface area contributed by atoms with E-state index in [1.54, 1.807) is 0 Å². The molecule has 110 valence electrons. The predicted octanol–water partition coefficient (Wildman–Crippen LogP) is 4.27. The molecule has 0 bridgehead atoms. The zero-order valence-electron chi connectivity index (χ0n) is 12.4. The van der Waals surface area contributed by atoms with Crippen LogP contribution in [-0.4, -0.2) is 16.8 Å². The molecular weight excluding hydrogens is 302 g/mol. The third kappa shape index (κ3) is 3.96. The second-order valence-electron chi connectivity index (χ2n) is 7.06. The molecule has 19 heavy (non-hydrogen) atoms. The van der Waals surface area contributed by atoms with Crippen molar-refractivity contribution in [2.24, 2.45) is 17.8 Å². The Bertz CT molecular complexity index is 312. The minimum absolute atomic E-state index is 0.0256. The maximum atomic E-state index is 12.5. The van der Waals surface area contributed by atoms with Crippen LogP contribution >= 0.6 is 15.9 Å². The number of carbonyl (C=O) groups excluding carboxylic acids is 1. The number of rotatable bonds is 3. The van der Waals surface area contributed by atoms with Gasteiger partial charge in [-0.2, -0.15) is 0 Å². The monoisotopic (exact) mass is 329 g/mol. The molecule has 0 aromatic carbocycles. The SMILES string of the molecule is CC1CCC(C(=O)NC2(CBr)CCCC(C)C2)CC1. The normalized spacial score (nSPS) is 39.8. The number of carbonyl (C=O) groups is 1. The zero-order chi connectivity index (χ0) is 13.9. The summed E-state index contributed by atoms with van der Waals surface area (Å²) in [5, 5.41) is 4.31. The molecule has 2 atom stereocenters. The van der Waals surface area contributed by atoms with Gasteiger partial charge in [-0.3, -0.25) is 4.79 Å². The molecule has 0 aromatic rings. The summed E-state index contributed by atoms with van der Waals surface area (Å²) < 4.78 is 0. The van der Waals surface area contributed by atoms with Crippen LogP contribution in [0.3, 0.4) is 0 Å². The Kier molecular flexibility index (Phi) is 5.33. The largest absolute Gasteiger partial charge is 0.350 e. The van der Waals surface area contributed by atoms with E-state index in [-0.39, 0.29) is 11.5 Å². The van der Waals surface area contributed by atoms with Gasteiger partial charge in [-0.25, -0.2) is 0 Å². The molecule has 2 fully saturated rings. The van der Waals surface area contributed by atoms with Gasteiger partial charge >= 0.3 is 0 Å². The standard InChI is InChI=1S/C16H28BrNO/c1-12-5-7-14(8-6-12)15(19)18-16(11-17)9-3-4-13(2)10-16/h12-14H,3-11H2,1-2H3,(H,18,19). The third-order valence-electron chi connectivity index (χ3n) is 5.12. The topological polar surface area (TPSA) is 29.1 Å². The van der Waals surface area contributed by atoms with Crippen LogP contribution in [0, 0.1) is 17.8 Å². The molecule has 2 unspecified atom stereocenters. The first kappa shape index (κ1) is 15.3. The van der Waals surface area contributed by atoms with Gasteiger partial charge in [-0.1, -0.05) is 42.6 Å². The lowest BCUT2D eigenvalue weighted by Gasteiger charge is -2.41. The molecule has 0 saturated heterocycles. The van der Waals surface area contributed by atoms with Gasteiger partial charge in [0.15, 0.2) is 0 Å². The number of hydrogen-bond donors (Lipinski definition) is 1. The van der Waals surface area contributed by atoms with E-state index in [4.69, 9.17) is 0 Å². The van der Waals surface area contributed by atoms with Crippen LogP contribution in [0.25, 0.3) is 0 Å². The van der Waals surface area contributed by atoms with Gasteiger partial charge in [0.2, 0.25) is 5.91 Å². The Morgan fingerprint density at radius 1 is 1.16 bits per heavy atom. The number of amides is 1. The highest BCUT2D eigenvalue weighted by molar-refractivity contribution is 9.09. The Balaban J connectivity index is 1.92. The van der Waals surface area contributed by atoms with Crippen molar-refractivity contribution < 1.29 is 4.79 Å². The molecule has 0 aromatic heterocycles. The summed E-state index contributed by atoms with van der Waals surface area (Å²) in [6.45, 7) is 4.61. The second kappa shape index (κ2) is 6.60. The minimum Gasteiger partial charge on any atom is -0.350 e. The van der Waals surface area contributed by atoms with Crippen molar-refractivity contribution in [2.45, 2.75) is 70.8 Å². The summed E-state index contributed by atoms with van der Waals surface area (Å²) in [5.41, 5.74) is 0.0256. The summed E-state index contributed by atoms with van der Waals surface area (Å²) in [5.74, 6) is 2.13. The molecule has 2 aliphatic rings. The maximum absolute atomic E-state index is 12.5. The molecule has 0 aliphatic heterocycles. The zero-order valence-corrected chi connectivity index (χ0v) is 14.0. The van der Waals surface area contributed by atoms with E-state index in [9.17, 15) is 4.79 Å². The highest BCUT2D eigenvalue weighted by atomic mass is 79.9. The van der Waals surface area contributed by atoms with E-state index in [1.165, 1.54) is 25.7 Å². The van der Waals surface area contributed by atoms with Gasteiger partial charge in [0.25, 0.3) is 0 Å². The van der Waals surface area contributed by atoms with Crippen molar-refractivity contribution in [1.29, 1.82) is 0 Å². The van der Waals surface area contributed by atoms with Gasteiger partial charge in [-0.15, -0.1) is 0 Å². The van der Waals surface area contributed by atoms with E-state index in [0.29, 0.717) is 5.91 Å². The first-order valence-electron chi connectivity index (χ1n) is 7.92. The van der Waals surface area contributed by atoms with Crippen molar-refractivity contribution in [3.8, 4) is 0 Å². The fraction of sp³-hybridized carbons (Fsp3) is 0.938. The van der Waals surface area contributed by atoms with Crippen molar-refractivity contribution in [2.75, 3.05) is 5.33 Å². The van der Waals surface area contributed by atoms with Gasteiger partial charge in [-0.05, 0) is 50.4 Å². The quantitative estimate of drug-likeness (QED) is 0.769. The summed E-state index contributed by atoms with van der Waals surface area (Å²) >= 11 is 3.64. The van der Waals surface area contributed by atoms with Crippen molar-refractivity contribution in [1.82, 2.24) is 5.32 Å². The third-order valence-corrected chi connectivity index (χ3v) is 6.20. The average Bonchev–Trinajstić information content (AvgIpc) is 2.39. The Morgan fingerprint density at radius 3 is 2.42 bits per heavy atom. The van der Waals surface area contributed by atoms with Crippen LogP contribution in [0.5, 0.6) is 0 Å². The van der Waals surface area contributed by atoms with Crippen LogP contribution in [0.15, 0.2) is 0 Å². The molecular formula is C16H28BrNO. The van der Waals surface area contributed by atoms with E-state index in [0.717, 1.165) is 42.8 Å². The van der Waals surface area contributed by atoms with E-state index in [2.05, 4.69) is 35.1 Å². The Hall–Kier alpha value is -0.0500. The fourth-order valence-corrected chi connectivity index (χ4v) is 4.46. The number of halogens is 1. The van der Waals surface area contributed by atoms with Crippen molar-refractivity contribution >= 4 is 21.8 Å². The molecule has 0 heterocycles. The molecule has 2 saturated carbocycles. The lowest BCUT2D eigenvalue weighted by atomic mass is 9.76. The fourth-order valence-electron chi connectivity index (χ4n) is 3.81. The molecule has 2 rings (SSSR count). The highest BCUT2D eigenvalue weighted by Crippen LogP contribution is 2.35. The predicted molar refractivity (Wildman–Crippen MR) is 83.4 cm³/mol. The molecule has 2 aliphatic carbocycles. The molecule has 1 N–H and O–H groups in total. The first-order valence-corrected chi connectivity index (χ1v) is 9.05. The lowest BCUT2D eigenvalue weighted by Crippen LogP contribution is -2.54. The van der Waals surface area contributed by atoms with E-state index in [1.807, 2.05) is 0 Å². The highest BCUT2D eigenvalue weighted by Gasteiger charge is 2.37. The maximum Gasteiger partial charge on any atom is 0.223 e. The lowest BCUT2D eigenvalue weighted by molar-refractivity contribution is -0.128. The summed E-state index contributed by atoms with van der Waals surface area (Å²) in [7, 11) is 0. The number of nitrogens with one attached hydrogen (secondary N) is 1.